The molecule has 6 heteroatoms. The summed E-state index contributed by atoms with van der Waals surface area (Å²) >= 11 is 0. The van der Waals surface area contributed by atoms with Gasteiger partial charge >= 0.3 is 6.03 Å². The molecular weight excluding hydrogens is 342 g/mol. The molecule has 4 rings (SSSR count). The highest BCUT2D eigenvalue weighted by atomic mass is 16.5. The van der Waals surface area contributed by atoms with Crippen LogP contribution in [0.3, 0.4) is 0 Å². The van der Waals surface area contributed by atoms with E-state index < -0.39 is 0 Å². The van der Waals surface area contributed by atoms with Crippen LogP contribution in [0.5, 0.6) is 5.75 Å². The first-order valence-electron chi connectivity index (χ1n) is 9.50. The van der Waals surface area contributed by atoms with Crippen molar-refractivity contribution in [2.75, 3.05) is 18.5 Å². The molecule has 0 spiro atoms. The maximum atomic E-state index is 12.8. The number of likely N-dealkylation sites (tertiary alicyclic amines) is 1. The number of benzene rings is 1. The Labute approximate surface area is 159 Å². The summed E-state index contributed by atoms with van der Waals surface area (Å²) in [6.07, 6.45) is 7.51. The first kappa shape index (κ1) is 17.8. The molecule has 2 fully saturated rings. The van der Waals surface area contributed by atoms with E-state index in [0.29, 0.717) is 12.5 Å². The number of aliphatic hydroxyl groups is 1. The fourth-order valence-electron chi connectivity index (χ4n) is 4.31. The number of hydrogen-bond acceptors (Lipinski definition) is 4. The number of fused-ring (bicyclic) bond motifs is 2. The number of nitrogens with one attached hydrogen (secondary N) is 1. The van der Waals surface area contributed by atoms with Gasteiger partial charge in [0.15, 0.2) is 0 Å². The van der Waals surface area contributed by atoms with Crippen LogP contribution in [0.15, 0.2) is 48.8 Å². The number of carbonyl (C=O) groups excluding carboxylic acids is 1. The predicted molar refractivity (Wildman–Crippen MR) is 103 cm³/mol. The average Bonchev–Trinajstić information content (AvgIpc) is 2.98. The van der Waals surface area contributed by atoms with Gasteiger partial charge in [-0.25, -0.2) is 4.79 Å². The number of anilines is 1. The lowest BCUT2D eigenvalue weighted by Gasteiger charge is -2.38. The van der Waals surface area contributed by atoms with Crippen molar-refractivity contribution in [1.29, 1.82) is 0 Å². The summed E-state index contributed by atoms with van der Waals surface area (Å²) in [4.78, 5) is 18.6. The highest BCUT2D eigenvalue weighted by molar-refractivity contribution is 5.90. The first-order chi connectivity index (χ1) is 13.2. The smallest absolute Gasteiger partial charge is 0.322 e. The molecular formula is C21H25N3O3. The third-order valence-corrected chi connectivity index (χ3v) is 5.74. The minimum atomic E-state index is -0.374. The predicted octanol–water partition coefficient (Wildman–Crippen LogP) is 3.43. The van der Waals surface area contributed by atoms with Crippen LogP contribution in [-0.4, -0.2) is 39.7 Å². The van der Waals surface area contributed by atoms with Gasteiger partial charge in [0.2, 0.25) is 0 Å². The van der Waals surface area contributed by atoms with Crippen LogP contribution >= 0.6 is 0 Å². The molecule has 2 bridgehead atoms. The van der Waals surface area contributed by atoms with Crippen molar-refractivity contribution >= 4 is 11.7 Å². The molecule has 142 valence electrons. The highest BCUT2D eigenvalue weighted by Crippen LogP contribution is 2.43. The van der Waals surface area contributed by atoms with Gasteiger partial charge in [-0.1, -0.05) is 6.42 Å². The van der Waals surface area contributed by atoms with Crippen LogP contribution in [0.2, 0.25) is 0 Å². The van der Waals surface area contributed by atoms with Crippen LogP contribution in [-0.2, 0) is 6.61 Å². The number of pyridine rings is 1. The van der Waals surface area contributed by atoms with Crippen LogP contribution in [0.1, 0.15) is 31.2 Å². The topological polar surface area (TPSA) is 74.7 Å². The number of carbonyl (C=O) groups is 1. The van der Waals surface area contributed by atoms with Gasteiger partial charge in [0.25, 0.3) is 0 Å². The zero-order valence-electron chi connectivity index (χ0n) is 15.3. The summed E-state index contributed by atoms with van der Waals surface area (Å²) in [6.45, 7) is 1.25. The van der Waals surface area contributed by atoms with Crippen molar-refractivity contribution in [2.45, 2.75) is 37.8 Å². The number of hydrogen-bond donors (Lipinski definition) is 2. The summed E-state index contributed by atoms with van der Waals surface area (Å²) in [5, 5.41) is 12.9. The van der Waals surface area contributed by atoms with Crippen LogP contribution in [0, 0.1) is 5.92 Å². The third-order valence-electron chi connectivity index (χ3n) is 5.74. The molecule has 27 heavy (non-hydrogen) atoms. The highest BCUT2D eigenvalue weighted by Gasteiger charge is 2.49. The molecule has 1 aliphatic carbocycles. The lowest BCUT2D eigenvalue weighted by atomic mass is 9.80. The second kappa shape index (κ2) is 7.56. The van der Waals surface area contributed by atoms with Gasteiger partial charge in [0.05, 0.1) is 12.1 Å². The minimum absolute atomic E-state index is 0.0404. The van der Waals surface area contributed by atoms with Crippen LogP contribution < -0.4 is 10.1 Å². The van der Waals surface area contributed by atoms with Gasteiger partial charge < -0.3 is 20.1 Å². The molecule has 6 nitrogen and oxygen atoms in total. The molecule has 2 heterocycles. The minimum Gasteiger partial charge on any atom is -0.489 e. The van der Waals surface area contributed by atoms with Gasteiger partial charge in [-0.15, -0.1) is 0 Å². The van der Waals surface area contributed by atoms with E-state index in [9.17, 15) is 9.90 Å². The summed E-state index contributed by atoms with van der Waals surface area (Å²) in [5.74, 6) is 1.26. The van der Waals surface area contributed by atoms with Crippen molar-refractivity contribution in [3.63, 3.8) is 0 Å². The lowest BCUT2D eigenvalue weighted by molar-refractivity contribution is 0.0767. The van der Waals surface area contributed by atoms with E-state index in [1.165, 1.54) is 0 Å². The van der Waals surface area contributed by atoms with Gasteiger partial charge in [0, 0.05) is 24.6 Å². The second-order valence-corrected chi connectivity index (χ2v) is 7.55. The Hall–Kier alpha value is -2.60. The fraction of sp³-hybridized carbons (Fsp3) is 0.429. The van der Waals surface area contributed by atoms with Crippen LogP contribution in [0.25, 0.3) is 0 Å². The summed E-state index contributed by atoms with van der Waals surface area (Å²) in [5.41, 5.74) is 1.41. The molecule has 1 aliphatic heterocycles. The zero-order valence-corrected chi connectivity index (χ0v) is 15.3. The van der Waals surface area contributed by atoms with Crippen molar-refractivity contribution in [2.24, 2.45) is 5.92 Å². The Kier molecular flexibility index (Phi) is 4.99. The monoisotopic (exact) mass is 367 g/mol. The van der Waals surface area contributed by atoms with E-state index in [1.807, 2.05) is 41.3 Å². The molecule has 2 aliphatic rings. The van der Waals surface area contributed by atoms with E-state index in [0.717, 1.165) is 49.2 Å². The molecule has 1 saturated carbocycles. The third kappa shape index (κ3) is 3.76. The van der Waals surface area contributed by atoms with Crippen LogP contribution in [0.4, 0.5) is 10.5 Å². The summed E-state index contributed by atoms with van der Waals surface area (Å²) in [7, 11) is 0. The second-order valence-electron chi connectivity index (χ2n) is 7.55. The molecule has 2 atom stereocenters. The summed E-state index contributed by atoms with van der Waals surface area (Å²) in [6, 6.07) is 11.1. The standard InChI is InChI=1S/C21H25N3O3/c25-15-21-9-1-2-17(12-21)13-24(21)20(26)23-18-3-5-19(6-4-18)27-14-16-7-10-22-11-8-16/h3-8,10-11,17,25H,1-2,9,12-15H2,(H,23,26). The fourth-order valence-corrected chi connectivity index (χ4v) is 4.31. The van der Waals surface area contributed by atoms with Gasteiger partial charge in [-0.05, 0) is 67.1 Å². The van der Waals surface area contributed by atoms with Crippen molar-refractivity contribution < 1.29 is 14.6 Å². The molecule has 2 aromatic rings. The Bertz CT molecular complexity index is 781. The molecule has 2 N–H and O–H groups in total. The first-order valence-corrected chi connectivity index (χ1v) is 9.50. The van der Waals surface area contributed by atoms with E-state index in [1.54, 1.807) is 12.4 Å². The van der Waals surface area contributed by atoms with Gasteiger partial charge in [-0.2, -0.15) is 0 Å². The number of rotatable bonds is 5. The van der Waals surface area contributed by atoms with Crippen molar-refractivity contribution in [3.05, 3.63) is 54.4 Å². The largest absolute Gasteiger partial charge is 0.489 e. The summed E-state index contributed by atoms with van der Waals surface area (Å²) < 4.78 is 5.76. The Morgan fingerprint density at radius 1 is 1.26 bits per heavy atom. The van der Waals surface area contributed by atoms with E-state index in [-0.39, 0.29) is 18.2 Å². The molecule has 0 radical (unpaired) electrons. The Balaban J connectivity index is 1.36. The van der Waals surface area contributed by atoms with Crippen molar-refractivity contribution in [3.8, 4) is 5.75 Å². The quantitative estimate of drug-likeness (QED) is 0.849. The number of nitrogens with zero attached hydrogens (tertiary/aromatic N) is 2. The average molecular weight is 367 g/mol. The van der Waals surface area contributed by atoms with Crippen molar-refractivity contribution in [1.82, 2.24) is 9.88 Å². The molecule has 1 aromatic heterocycles. The SMILES string of the molecule is O=C(Nc1ccc(OCc2ccncc2)cc1)N1CC2CCCC1(CO)C2. The number of aromatic nitrogens is 1. The van der Waals surface area contributed by atoms with Gasteiger partial charge in [-0.3, -0.25) is 4.98 Å². The normalized spacial score (nSPS) is 23.9. The number of ether oxygens (including phenoxy) is 1. The number of amides is 2. The maximum absolute atomic E-state index is 12.8. The molecule has 2 amide bonds. The van der Waals surface area contributed by atoms with Gasteiger partial charge in [0.1, 0.15) is 12.4 Å². The Morgan fingerprint density at radius 2 is 2.04 bits per heavy atom. The van der Waals surface area contributed by atoms with E-state index in [4.69, 9.17) is 4.74 Å². The Morgan fingerprint density at radius 3 is 2.78 bits per heavy atom. The number of aliphatic hydroxyl groups excluding tert-OH is 1. The molecule has 2 unspecified atom stereocenters. The molecule has 1 saturated heterocycles. The lowest BCUT2D eigenvalue weighted by Crippen LogP contribution is -2.51. The molecule has 1 aromatic carbocycles. The maximum Gasteiger partial charge on any atom is 0.322 e. The number of urea groups is 1. The van der Waals surface area contributed by atoms with E-state index >= 15 is 0 Å². The zero-order chi connectivity index (χ0) is 18.7. The van der Waals surface area contributed by atoms with E-state index in [2.05, 4.69) is 10.3 Å².